The van der Waals surface area contributed by atoms with Crippen molar-refractivity contribution < 1.29 is 63.1 Å². The number of unbranched alkanes of at least 4 members (excludes halogenated alkanes) is 32. The summed E-state index contributed by atoms with van der Waals surface area (Å²) in [5.41, 5.74) is 0. The third-order valence-electron chi connectivity index (χ3n) is 13.3. The van der Waals surface area contributed by atoms with Gasteiger partial charge in [-0.1, -0.05) is 212 Å². The summed E-state index contributed by atoms with van der Waals surface area (Å²) in [6, 6.07) is 0. The summed E-state index contributed by atoms with van der Waals surface area (Å²) in [7, 11) is -5.13. The average Bonchev–Trinajstić information content (AvgIpc) is 3.33. The van der Waals surface area contributed by atoms with Gasteiger partial charge in [0, 0.05) is 12.8 Å². The molecule has 69 heavy (non-hydrogen) atoms. The Morgan fingerprint density at radius 1 is 0.435 bits per heavy atom. The largest absolute Gasteiger partial charge is 0.472 e. The minimum Gasteiger partial charge on any atom is -0.462 e. The highest BCUT2D eigenvalue weighted by molar-refractivity contribution is 7.47. The molecule has 0 aromatic carbocycles. The van der Waals surface area contributed by atoms with Gasteiger partial charge in [-0.2, -0.15) is 0 Å². The van der Waals surface area contributed by atoms with E-state index in [4.69, 9.17) is 18.5 Å². The molecule has 0 radical (unpaired) electrons. The first kappa shape index (κ1) is 65.3. The second-order valence-corrected chi connectivity index (χ2v) is 21.2. The highest BCUT2D eigenvalue weighted by atomic mass is 31.2. The summed E-state index contributed by atoms with van der Waals surface area (Å²) in [6.07, 6.45) is 39.5. The topological polar surface area (TPSA) is 210 Å². The van der Waals surface area contributed by atoms with Gasteiger partial charge >= 0.3 is 19.8 Å². The summed E-state index contributed by atoms with van der Waals surface area (Å²) < 4.78 is 33.7. The van der Waals surface area contributed by atoms with Crippen LogP contribution in [0.5, 0.6) is 0 Å². The van der Waals surface area contributed by atoms with Gasteiger partial charge in [-0.25, -0.2) is 4.57 Å². The zero-order valence-electron chi connectivity index (χ0n) is 43.6. The number of allylic oxidation sites excluding steroid dienone is 4. The smallest absolute Gasteiger partial charge is 0.462 e. The van der Waals surface area contributed by atoms with Crippen molar-refractivity contribution in [2.45, 2.75) is 301 Å². The maximum Gasteiger partial charge on any atom is 0.472 e. The number of esters is 2. The lowest BCUT2D eigenvalue weighted by Crippen LogP contribution is -2.64. The molecule has 0 aromatic rings. The lowest BCUT2D eigenvalue weighted by molar-refractivity contribution is -0.220. The Bertz CT molecular complexity index is 1300. The van der Waals surface area contributed by atoms with E-state index in [9.17, 15) is 44.6 Å². The number of aliphatic hydroxyl groups is 5. The van der Waals surface area contributed by atoms with Gasteiger partial charge in [0.15, 0.2) is 6.10 Å². The average molecular weight is 1000 g/mol. The van der Waals surface area contributed by atoms with E-state index < -0.39 is 75.7 Å². The van der Waals surface area contributed by atoms with Gasteiger partial charge in [0.05, 0.1) is 6.61 Å². The van der Waals surface area contributed by atoms with Crippen molar-refractivity contribution in [2.24, 2.45) is 0 Å². The van der Waals surface area contributed by atoms with Crippen LogP contribution in [0.1, 0.15) is 258 Å². The molecule has 1 aliphatic carbocycles. The number of carbonyl (C=O) groups is 2. The zero-order chi connectivity index (χ0) is 50.6. The number of hydrogen-bond donors (Lipinski definition) is 6. The molecule has 406 valence electrons. The molecular formula is C55H103O13P. The van der Waals surface area contributed by atoms with E-state index in [-0.39, 0.29) is 12.8 Å². The van der Waals surface area contributed by atoms with E-state index in [0.717, 1.165) is 38.5 Å². The van der Waals surface area contributed by atoms with Crippen molar-refractivity contribution in [2.75, 3.05) is 13.2 Å². The lowest BCUT2D eigenvalue weighted by atomic mass is 9.85. The SMILES string of the molecule is CCCCCC/C=C/CCCCCCCCCCCC(=O)OC[C@H](COP(=O)(O)OC1C(O)C(O)C(O)[C@@H](O)C1O)OC(=O)CCC/C=C/CCCCCCCCCCCCCCCCCCCC. The molecule has 1 saturated carbocycles. The molecule has 14 heteroatoms. The number of carbonyl (C=O) groups excluding carboxylic acids is 2. The Morgan fingerprint density at radius 2 is 0.754 bits per heavy atom. The van der Waals surface area contributed by atoms with Gasteiger partial charge in [-0.15, -0.1) is 0 Å². The van der Waals surface area contributed by atoms with Gasteiger partial charge in [0.1, 0.15) is 43.2 Å². The van der Waals surface area contributed by atoms with Gasteiger partial charge in [-0.3, -0.25) is 18.6 Å². The van der Waals surface area contributed by atoms with Crippen LogP contribution in [0.3, 0.4) is 0 Å². The molecule has 0 heterocycles. The Kier molecular flexibility index (Phi) is 42.6. The molecule has 6 N–H and O–H groups in total. The minimum atomic E-state index is -5.13. The van der Waals surface area contributed by atoms with Crippen molar-refractivity contribution in [3.63, 3.8) is 0 Å². The van der Waals surface area contributed by atoms with Crippen LogP contribution in [0.15, 0.2) is 24.3 Å². The summed E-state index contributed by atoms with van der Waals surface area (Å²) in [4.78, 5) is 35.9. The second kappa shape index (κ2) is 45.0. The Hall–Kier alpha value is -1.67. The van der Waals surface area contributed by atoms with Crippen LogP contribution < -0.4 is 0 Å². The third kappa shape index (κ3) is 36.8. The second-order valence-electron chi connectivity index (χ2n) is 19.8. The standard InChI is InChI=1S/C55H103O13P/c1-3-5-7-9-11-13-15-17-19-21-22-23-24-25-26-28-30-32-34-36-38-40-42-44-49(57)67-47(46-66-69(63,64)68-55-53(61)51(59)50(58)52(60)54(55)62)45-65-48(56)43-41-39-37-35-33-31-29-27-20-18-16-14-12-10-8-6-4-2/h14,16,36,38,47,50-55,58-62H,3-13,15,17-35,37,39-46H2,1-2H3,(H,63,64)/b16-14+,38-36+/t47-,50?,51-,52?,53?,54?,55?/m1/s1. The van der Waals surface area contributed by atoms with Crippen molar-refractivity contribution in [3.8, 4) is 0 Å². The summed E-state index contributed by atoms with van der Waals surface area (Å²) in [6.45, 7) is 3.32. The van der Waals surface area contributed by atoms with E-state index in [1.165, 1.54) is 173 Å². The number of phosphoric acid groups is 1. The van der Waals surface area contributed by atoms with Crippen LogP contribution in [-0.2, 0) is 32.7 Å². The molecule has 0 aromatic heterocycles. The van der Waals surface area contributed by atoms with Crippen LogP contribution in [-0.4, -0.2) is 98.3 Å². The monoisotopic (exact) mass is 1000 g/mol. The summed E-state index contributed by atoms with van der Waals surface area (Å²) >= 11 is 0. The van der Waals surface area contributed by atoms with Crippen LogP contribution in [0.25, 0.3) is 0 Å². The fourth-order valence-electron chi connectivity index (χ4n) is 8.76. The molecule has 0 amide bonds. The van der Waals surface area contributed by atoms with Crippen LogP contribution in [0.2, 0.25) is 0 Å². The summed E-state index contributed by atoms with van der Waals surface area (Å²) in [5, 5.41) is 50.3. The molecule has 6 unspecified atom stereocenters. The molecule has 8 atom stereocenters. The molecule has 0 spiro atoms. The Labute approximate surface area is 419 Å². The molecule has 1 aliphatic rings. The van der Waals surface area contributed by atoms with Crippen LogP contribution in [0, 0.1) is 0 Å². The van der Waals surface area contributed by atoms with Crippen molar-refractivity contribution >= 4 is 19.8 Å². The van der Waals surface area contributed by atoms with Crippen molar-refractivity contribution in [3.05, 3.63) is 24.3 Å². The number of rotatable bonds is 48. The highest BCUT2D eigenvalue weighted by Gasteiger charge is 2.51. The van der Waals surface area contributed by atoms with Gasteiger partial charge in [-0.05, 0) is 57.8 Å². The van der Waals surface area contributed by atoms with E-state index in [1.54, 1.807) is 0 Å². The predicted octanol–water partition coefficient (Wildman–Crippen LogP) is 12.7. The van der Waals surface area contributed by atoms with Crippen LogP contribution in [0.4, 0.5) is 0 Å². The lowest BCUT2D eigenvalue weighted by Gasteiger charge is -2.41. The normalized spacial score (nSPS) is 21.0. The first-order chi connectivity index (χ1) is 33.4. The van der Waals surface area contributed by atoms with E-state index in [2.05, 4.69) is 38.2 Å². The minimum absolute atomic E-state index is 0.0520. The molecule has 0 aliphatic heterocycles. The maximum atomic E-state index is 12.9. The number of hydrogen-bond acceptors (Lipinski definition) is 12. The zero-order valence-corrected chi connectivity index (χ0v) is 44.5. The molecule has 0 bridgehead atoms. The predicted molar refractivity (Wildman–Crippen MR) is 277 cm³/mol. The summed E-state index contributed by atoms with van der Waals surface area (Å²) in [5.74, 6) is -1.13. The van der Waals surface area contributed by atoms with E-state index >= 15 is 0 Å². The number of ether oxygens (including phenoxy) is 2. The van der Waals surface area contributed by atoms with Gasteiger partial charge < -0.3 is 39.9 Å². The quantitative estimate of drug-likeness (QED) is 0.0145. The number of aliphatic hydroxyl groups excluding tert-OH is 5. The van der Waals surface area contributed by atoms with E-state index in [0.29, 0.717) is 19.3 Å². The van der Waals surface area contributed by atoms with E-state index in [1.807, 2.05) is 0 Å². The van der Waals surface area contributed by atoms with Crippen molar-refractivity contribution in [1.29, 1.82) is 0 Å². The van der Waals surface area contributed by atoms with Crippen molar-refractivity contribution in [1.82, 2.24) is 0 Å². The van der Waals surface area contributed by atoms with Gasteiger partial charge in [0.25, 0.3) is 0 Å². The first-order valence-corrected chi connectivity index (χ1v) is 29.6. The Morgan fingerprint density at radius 3 is 1.16 bits per heavy atom. The van der Waals surface area contributed by atoms with Gasteiger partial charge in [0.2, 0.25) is 0 Å². The fraction of sp³-hybridized carbons (Fsp3) is 0.891. The molecular weight excluding hydrogens is 900 g/mol. The fourth-order valence-corrected chi connectivity index (χ4v) is 9.73. The number of phosphoric ester groups is 1. The molecule has 13 nitrogen and oxygen atoms in total. The highest BCUT2D eigenvalue weighted by Crippen LogP contribution is 2.47. The maximum absolute atomic E-state index is 12.9. The molecule has 0 saturated heterocycles. The molecule has 1 rings (SSSR count). The third-order valence-corrected chi connectivity index (χ3v) is 14.3. The van der Waals surface area contributed by atoms with Crippen LogP contribution >= 0.6 is 7.82 Å². The Balaban J connectivity index is 2.35. The first-order valence-electron chi connectivity index (χ1n) is 28.1. The molecule has 1 fully saturated rings.